The zero-order valence-electron chi connectivity index (χ0n) is 7.16. The molecule has 0 radical (unpaired) electrons. The van der Waals surface area contributed by atoms with Gasteiger partial charge in [-0.15, -0.1) is 0 Å². The third kappa shape index (κ3) is 4.18. The molecule has 5 heteroatoms. The van der Waals surface area contributed by atoms with E-state index in [1.165, 1.54) is 0 Å². The van der Waals surface area contributed by atoms with E-state index in [4.69, 9.17) is 0 Å². The van der Waals surface area contributed by atoms with Gasteiger partial charge in [0.2, 0.25) is 0 Å². The van der Waals surface area contributed by atoms with Crippen LogP contribution in [-0.4, -0.2) is 22.4 Å². The van der Waals surface area contributed by atoms with Crippen LogP contribution in [0.5, 0.6) is 0 Å². The quantitative estimate of drug-likeness (QED) is 0.453. The number of carbonyl (C=O) groups excluding carboxylic acids is 1. The first kappa shape index (κ1) is 12.1. The fourth-order valence-corrected chi connectivity index (χ4v) is 1.23. The van der Waals surface area contributed by atoms with E-state index in [1.807, 2.05) is 22.6 Å². The molecule has 0 aliphatic heterocycles. The summed E-state index contributed by atoms with van der Waals surface area (Å²) in [5.74, 6) is -4.84. The van der Waals surface area contributed by atoms with E-state index in [-0.39, 0.29) is 0 Å². The predicted octanol–water partition coefficient (Wildman–Crippen LogP) is 2.40. The van der Waals surface area contributed by atoms with Crippen molar-refractivity contribution in [3.8, 4) is 0 Å². The van der Waals surface area contributed by atoms with Crippen molar-refractivity contribution in [2.75, 3.05) is 7.11 Å². The molecule has 0 aliphatic rings. The molecule has 72 valence electrons. The van der Waals surface area contributed by atoms with Gasteiger partial charge < -0.3 is 4.74 Å². The van der Waals surface area contributed by atoms with Gasteiger partial charge in [-0.25, -0.2) is 4.79 Å². The minimum atomic E-state index is -3.38. The summed E-state index contributed by atoms with van der Waals surface area (Å²) in [5.41, 5.74) is 0. The normalized spacial score (nSPS) is 12.8. The van der Waals surface area contributed by atoms with Gasteiger partial charge >= 0.3 is 11.9 Å². The lowest BCUT2D eigenvalue weighted by Crippen LogP contribution is -2.35. The second-order valence-electron chi connectivity index (χ2n) is 3.09. The lowest BCUT2D eigenvalue weighted by molar-refractivity contribution is -0.170. The van der Waals surface area contributed by atoms with Crippen molar-refractivity contribution in [1.29, 1.82) is 0 Å². The van der Waals surface area contributed by atoms with Crippen LogP contribution in [0, 0.1) is 0 Å². The largest absolute Gasteiger partial charge is 0.465 e. The molecule has 0 aromatic heterocycles. The van der Waals surface area contributed by atoms with Crippen molar-refractivity contribution in [3.05, 3.63) is 0 Å². The fraction of sp³-hybridized carbons (Fsp3) is 0.857. The van der Waals surface area contributed by atoms with E-state index in [0.717, 1.165) is 7.11 Å². The molecule has 0 atom stereocenters. The van der Waals surface area contributed by atoms with Crippen LogP contribution in [0.2, 0.25) is 0 Å². The van der Waals surface area contributed by atoms with Gasteiger partial charge in [-0.1, -0.05) is 36.4 Å². The summed E-state index contributed by atoms with van der Waals surface area (Å²) in [6.45, 7) is 3.26. The maximum Gasteiger partial charge on any atom is 0.376 e. The van der Waals surface area contributed by atoms with Gasteiger partial charge in [-0.05, 0) is 0 Å². The van der Waals surface area contributed by atoms with Crippen molar-refractivity contribution >= 4 is 28.6 Å². The molecule has 0 heterocycles. The first-order valence-corrected chi connectivity index (χ1v) is 4.42. The van der Waals surface area contributed by atoms with E-state index in [1.54, 1.807) is 13.8 Å². The lowest BCUT2D eigenvalue weighted by Gasteiger charge is -2.21. The van der Waals surface area contributed by atoms with Crippen molar-refractivity contribution in [2.24, 2.45) is 0 Å². The van der Waals surface area contributed by atoms with Gasteiger partial charge in [0.25, 0.3) is 0 Å². The van der Waals surface area contributed by atoms with Crippen LogP contribution in [0.4, 0.5) is 8.78 Å². The number of halogens is 3. The van der Waals surface area contributed by atoms with Gasteiger partial charge in [0, 0.05) is 9.84 Å². The number of methoxy groups -OCH3 is 1. The highest BCUT2D eigenvalue weighted by Gasteiger charge is 2.44. The van der Waals surface area contributed by atoms with Gasteiger partial charge in [0.05, 0.1) is 7.11 Å². The number of alkyl halides is 3. The number of ether oxygens (including phenoxy) is 1. The Morgan fingerprint density at radius 3 is 2.17 bits per heavy atom. The molecule has 0 unspecified atom stereocenters. The van der Waals surface area contributed by atoms with Crippen LogP contribution >= 0.6 is 22.6 Å². The second-order valence-corrected chi connectivity index (χ2v) is 6.01. The van der Waals surface area contributed by atoms with E-state index in [9.17, 15) is 13.6 Å². The van der Waals surface area contributed by atoms with E-state index in [2.05, 4.69) is 4.74 Å². The van der Waals surface area contributed by atoms with Crippen molar-refractivity contribution in [1.82, 2.24) is 0 Å². The third-order valence-corrected chi connectivity index (χ3v) is 1.51. The summed E-state index contributed by atoms with van der Waals surface area (Å²) in [6, 6.07) is 0. The minimum Gasteiger partial charge on any atom is -0.465 e. The molecule has 0 saturated heterocycles. The van der Waals surface area contributed by atoms with Gasteiger partial charge in [0.15, 0.2) is 0 Å². The maximum absolute atomic E-state index is 12.8. The van der Waals surface area contributed by atoms with E-state index >= 15 is 0 Å². The average molecular weight is 292 g/mol. The van der Waals surface area contributed by atoms with Crippen molar-refractivity contribution < 1.29 is 18.3 Å². The van der Waals surface area contributed by atoms with Crippen molar-refractivity contribution in [3.63, 3.8) is 0 Å². The molecule has 0 N–H and O–H groups in total. The Morgan fingerprint density at radius 2 is 1.92 bits per heavy atom. The predicted molar refractivity (Wildman–Crippen MR) is 49.7 cm³/mol. The first-order valence-electron chi connectivity index (χ1n) is 3.34. The summed E-state index contributed by atoms with van der Waals surface area (Å²) in [5, 5.41) is 0. The van der Waals surface area contributed by atoms with Crippen LogP contribution in [0.3, 0.4) is 0 Å². The van der Waals surface area contributed by atoms with Gasteiger partial charge in [-0.2, -0.15) is 8.78 Å². The summed E-state index contributed by atoms with van der Waals surface area (Å²) in [4.78, 5) is 10.5. The number of hydrogen-bond acceptors (Lipinski definition) is 2. The molecule has 2 nitrogen and oxygen atoms in total. The summed E-state index contributed by atoms with van der Waals surface area (Å²) >= 11 is 1.86. The maximum atomic E-state index is 12.8. The molecule has 0 aromatic rings. The van der Waals surface area contributed by atoms with Crippen LogP contribution in [-0.2, 0) is 9.53 Å². The zero-order valence-corrected chi connectivity index (χ0v) is 9.31. The van der Waals surface area contributed by atoms with Crippen LogP contribution < -0.4 is 0 Å². The SMILES string of the molecule is COC(=O)C(F)(F)CC(C)(C)I. The molecule has 12 heavy (non-hydrogen) atoms. The molecule has 0 amide bonds. The molecular weight excluding hydrogens is 281 g/mol. The second kappa shape index (κ2) is 3.85. The number of esters is 1. The van der Waals surface area contributed by atoms with Gasteiger partial charge in [0.1, 0.15) is 0 Å². The molecule has 0 rings (SSSR count). The van der Waals surface area contributed by atoms with Crippen molar-refractivity contribution in [2.45, 2.75) is 29.6 Å². The Balaban J connectivity index is 4.32. The smallest absolute Gasteiger partial charge is 0.376 e. The summed E-state index contributed by atoms with van der Waals surface area (Å²) in [7, 11) is 0.955. The first-order chi connectivity index (χ1) is 5.19. The molecule has 0 saturated carbocycles. The van der Waals surface area contributed by atoms with Crippen LogP contribution in [0.25, 0.3) is 0 Å². The Morgan fingerprint density at radius 1 is 1.50 bits per heavy atom. The number of carbonyl (C=O) groups is 1. The van der Waals surface area contributed by atoms with E-state index in [0.29, 0.717) is 0 Å². The summed E-state index contributed by atoms with van der Waals surface area (Å²) in [6.07, 6.45) is -0.507. The molecule has 0 aliphatic carbocycles. The van der Waals surface area contributed by atoms with Gasteiger partial charge in [-0.3, -0.25) is 0 Å². The lowest BCUT2D eigenvalue weighted by atomic mass is 10.1. The Hall–Kier alpha value is 0.0600. The van der Waals surface area contributed by atoms with Crippen LogP contribution in [0.15, 0.2) is 0 Å². The number of rotatable bonds is 3. The fourth-order valence-electron chi connectivity index (χ4n) is 0.749. The molecule has 0 fully saturated rings. The summed E-state index contributed by atoms with van der Waals surface area (Å²) < 4.78 is 29.0. The highest BCUT2D eigenvalue weighted by molar-refractivity contribution is 14.1. The Bertz CT molecular complexity index is 175. The highest BCUT2D eigenvalue weighted by atomic mass is 127. The molecule has 0 spiro atoms. The minimum absolute atomic E-state index is 0.507. The molecular formula is C7H11F2IO2. The number of hydrogen-bond donors (Lipinski definition) is 0. The highest BCUT2D eigenvalue weighted by Crippen LogP contribution is 2.32. The monoisotopic (exact) mass is 292 g/mol. The zero-order chi connectivity index (χ0) is 9.99. The van der Waals surface area contributed by atoms with Crippen LogP contribution in [0.1, 0.15) is 20.3 Å². The average Bonchev–Trinajstić information content (AvgIpc) is 1.80. The standard InChI is InChI=1S/C7H11F2IO2/c1-6(2,10)4-7(8,9)5(11)12-3/h4H2,1-3H3. The Kier molecular flexibility index (Phi) is 3.87. The Labute approximate surface area is 83.8 Å². The topological polar surface area (TPSA) is 26.3 Å². The van der Waals surface area contributed by atoms with E-state index < -0.39 is 21.7 Å². The molecule has 0 aromatic carbocycles. The molecule has 0 bridgehead atoms. The third-order valence-electron chi connectivity index (χ3n) is 1.13.